The predicted octanol–water partition coefficient (Wildman–Crippen LogP) is 1.38. The van der Waals surface area contributed by atoms with Crippen molar-refractivity contribution in [1.82, 2.24) is 10.2 Å². The molecule has 1 amide bonds. The molecule has 1 aromatic carbocycles. The lowest BCUT2D eigenvalue weighted by Gasteiger charge is -2.04. The van der Waals surface area contributed by atoms with Crippen LogP contribution in [-0.4, -0.2) is 32.3 Å². The fraction of sp³-hybridized carbons (Fsp3) is 0.154. The number of aromatic amines is 1. The lowest BCUT2D eigenvalue weighted by atomic mass is 10.1. The number of amides is 1. The highest BCUT2D eigenvalue weighted by molar-refractivity contribution is 5.99. The number of phenols is 1. The van der Waals surface area contributed by atoms with Gasteiger partial charge < -0.3 is 15.5 Å². The molecule has 0 fully saturated rings. The third-order valence-corrected chi connectivity index (χ3v) is 2.71. The molecule has 0 unspecified atom stereocenters. The molecule has 0 spiro atoms. The Kier molecular flexibility index (Phi) is 3.99. The molecule has 2 rings (SSSR count). The van der Waals surface area contributed by atoms with Gasteiger partial charge in [-0.15, -0.1) is 0 Å². The van der Waals surface area contributed by atoms with Gasteiger partial charge in [0.1, 0.15) is 17.1 Å². The van der Waals surface area contributed by atoms with E-state index in [0.29, 0.717) is 6.42 Å². The molecule has 0 aliphatic heterocycles. The normalized spacial score (nSPS) is 10.2. The number of aromatic hydroxyl groups is 1. The lowest BCUT2D eigenvalue weighted by Crippen LogP contribution is -2.14. The van der Waals surface area contributed by atoms with Crippen LogP contribution in [0.4, 0.5) is 5.82 Å². The number of H-pyrrole nitrogens is 1. The maximum absolute atomic E-state index is 11.7. The summed E-state index contributed by atoms with van der Waals surface area (Å²) < 4.78 is 0. The van der Waals surface area contributed by atoms with Crippen LogP contribution in [0.1, 0.15) is 22.3 Å². The summed E-state index contributed by atoms with van der Waals surface area (Å²) in [4.78, 5) is 22.6. The topological polar surface area (TPSA) is 115 Å². The molecule has 0 aliphatic carbocycles. The van der Waals surface area contributed by atoms with Crippen LogP contribution < -0.4 is 5.32 Å². The number of carboxylic acid groups (broad SMARTS) is 1. The van der Waals surface area contributed by atoms with Crippen molar-refractivity contribution in [2.45, 2.75) is 12.8 Å². The first-order chi connectivity index (χ1) is 9.56. The van der Waals surface area contributed by atoms with Crippen molar-refractivity contribution in [3.05, 3.63) is 41.6 Å². The highest BCUT2D eigenvalue weighted by Gasteiger charge is 2.14. The number of aryl methyl sites for hydroxylation is 1. The Hall–Kier alpha value is -2.83. The second kappa shape index (κ2) is 5.87. The van der Waals surface area contributed by atoms with Crippen molar-refractivity contribution in [3.63, 3.8) is 0 Å². The molecule has 1 aromatic heterocycles. The number of aromatic carboxylic acids is 1. The zero-order valence-corrected chi connectivity index (χ0v) is 10.5. The zero-order valence-electron chi connectivity index (χ0n) is 10.5. The Morgan fingerprint density at radius 3 is 2.60 bits per heavy atom. The van der Waals surface area contributed by atoms with E-state index in [1.807, 2.05) is 0 Å². The average Bonchev–Trinajstić information content (AvgIpc) is 2.86. The SMILES string of the molecule is O=C(CCc1ccc(O)cc1)Nc1[nH]ncc1C(=O)O. The molecule has 0 saturated carbocycles. The minimum absolute atomic E-state index is 0.0770. The summed E-state index contributed by atoms with van der Waals surface area (Å²) in [5.74, 6) is -1.23. The van der Waals surface area contributed by atoms with Crippen LogP contribution in [0, 0.1) is 0 Å². The van der Waals surface area contributed by atoms with E-state index in [-0.39, 0.29) is 29.5 Å². The lowest BCUT2D eigenvalue weighted by molar-refractivity contribution is -0.116. The number of benzene rings is 1. The van der Waals surface area contributed by atoms with Crippen molar-refractivity contribution in [3.8, 4) is 5.75 Å². The van der Waals surface area contributed by atoms with Gasteiger partial charge in [0.15, 0.2) is 0 Å². The number of hydrogen-bond donors (Lipinski definition) is 4. The molecule has 0 aliphatic rings. The molecule has 0 radical (unpaired) electrons. The van der Waals surface area contributed by atoms with Crippen molar-refractivity contribution >= 4 is 17.7 Å². The van der Waals surface area contributed by atoms with Crippen LogP contribution in [0.15, 0.2) is 30.5 Å². The van der Waals surface area contributed by atoms with Crippen molar-refractivity contribution in [2.75, 3.05) is 5.32 Å². The highest BCUT2D eigenvalue weighted by atomic mass is 16.4. The monoisotopic (exact) mass is 275 g/mol. The molecule has 1 heterocycles. The van der Waals surface area contributed by atoms with Crippen molar-refractivity contribution in [2.24, 2.45) is 0 Å². The van der Waals surface area contributed by atoms with E-state index < -0.39 is 5.97 Å². The molecule has 7 heteroatoms. The van der Waals surface area contributed by atoms with E-state index in [0.717, 1.165) is 11.8 Å². The van der Waals surface area contributed by atoms with Crippen LogP contribution in [0.3, 0.4) is 0 Å². The van der Waals surface area contributed by atoms with E-state index in [1.165, 1.54) is 0 Å². The summed E-state index contributed by atoms with van der Waals surface area (Å²) in [6.45, 7) is 0. The number of carbonyl (C=O) groups excluding carboxylic acids is 1. The van der Waals surface area contributed by atoms with Crippen LogP contribution in [-0.2, 0) is 11.2 Å². The van der Waals surface area contributed by atoms with E-state index in [1.54, 1.807) is 24.3 Å². The largest absolute Gasteiger partial charge is 0.508 e. The van der Waals surface area contributed by atoms with Crippen molar-refractivity contribution in [1.29, 1.82) is 0 Å². The quantitative estimate of drug-likeness (QED) is 0.658. The Morgan fingerprint density at radius 2 is 1.95 bits per heavy atom. The number of carboxylic acids is 1. The number of anilines is 1. The predicted molar refractivity (Wildman–Crippen MR) is 70.6 cm³/mol. The molecule has 7 nitrogen and oxygen atoms in total. The number of hydrogen-bond acceptors (Lipinski definition) is 4. The van der Waals surface area contributed by atoms with E-state index in [2.05, 4.69) is 15.5 Å². The van der Waals surface area contributed by atoms with E-state index in [4.69, 9.17) is 10.2 Å². The number of aromatic nitrogens is 2. The van der Waals surface area contributed by atoms with E-state index in [9.17, 15) is 9.59 Å². The molecule has 2 aromatic rings. The van der Waals surface area contributed by atoms with Gasteiger partial charge in [0.2, 0.25) is 5.91 Å². The third-order valence-electron chi connectivity index (χ3n) is 2.71. The summed E-state index contributed by atoms with van der Waals surface area (Å²) in [6.07, 6.45) is 1.82. The molecule has 0 saturated heterocycles. The van der Waals surface area contributed by atoms with Gasteiger partial charge in [0, 0.05) is 6.42 Å². The first-order valence-corrected chi connectivity index (χ1v) is 5.90. The summed E-state index contributed by atoms with van der Waals surface area (Å²) >= 11 is 0. The van der Waals surface area contributed by atoms with Gasteiger partial charge in [0.05, 0.1) is 6.20 Å². The molecule has 0 atom stereocenters. The van der Waals surface area contributed by atoms with Crippen LogP contribution in [0.5, 0.6) is 5.75 Å². The van der Waals surface area contributed by atoms with Crippen LogP contribution in [0.25, 0.3) is 0 Å². The number of rotatable bonds is 5. The molecular formula is C13H13N3O4. The standard InChI is InChI=1S/C13H13N3O4/c17-9-4-1-8(2-5-9)3-6-11(18)15-12-10(13(19)20)7-14-16-12/h1-2,4-5,7,17H,3,6H2,(H,19,20)(H2,14,15,16,18). The maximum atomic E-state index is 11.7. The molecule has 4 N–H and O–H groups in total. The molecule has 20 heavy (non-hydrogen) atoms. The van der Waals surface area contributed by atoms with Crippen LogP contribution in [0.2, 0.25) is 0 Å². The van der Waals surface area contributed by atoms with Gasteiger partial charge in [-0.25, -0.2) is 4.79 Å². The summed E-state index contributed by atoms with van der Waals surface area (Å²) in [7, 11) is 0. The smallest absolute Gasteiger partial charge is 0.341 e. The Bertz CT molecular complexity index is 619. The van der Waals surface area contributed by atoms with Crippen LogP contribution >= 0.6 is 0 Å². The fourth-order valence-electron chi connectivity index (χ4n) is 1.67. The molecule has 104 valence electrons. The fourth-order valence-corrected chi connectivity index (χ4v) is 1.67. The van der Waals surface area contributed by atoms with Gasteiger partial charge in [0.25, 0.3) is 0 Å². The first kappa shape index (κ1) is 13.6. The van der Waals surface area contributed by atoms with Gasteiger partial charge in [-0.1, -0.05) is 12.1 Å². The maximum Gasteiger partial charge on any atom is 0.341 e. The second-order valence-corrected chi connectivity index (χ2v) is 4.18. The minimum atomic E-state index is -1.16. The Balaban J connectivity index is 1.91. The summed E-state index contributed by atoms with van der Waals surface area (Å²) in [6, 6.07) is 6.54. The minimum Gasteiger partial charge on any atom is -0.508 e. The number of phenolic OH excluding ortho intramolecular Hbond substituents is 1. The molecular weight excluding hydrogens is 262 g/mol. The third kappa shape index (κ3) is 3.35. The average molecular weight is 275 g/mol. The number of nitrogens with one attached hydrogen (secondary N) is 2. The van der Waals surface area contributed by atoms with Gasteiger partial charge in [-0.2, -0.15) is 5.10 Å². The van der Waals surface area contributed by atoms with Gasteiger partial charge in [-0.3, -0.25) is 9.89 Å². The number of nitrogens with zero attached hydrogens (tertiary/aromatic N) is 1. The molecule has 0 bridgehead atoms. The van der Waals surface area contributed by atoms with E-state index >= 15 is 0 Å². The van der Waals surface area contributed by atoms with Crippen molar-refractivity contribution < 1.29 is 19.8 Å². The van der Waals surface area contributed by atoms with Gasteiger partial charge in [-0.05, 0) is 24.1 Å². The first-order valence-electron chi connectivity index (χ1n) is 5.90. The Labute approximate surface area is 114 Å². The van der Waals surface area contributed by atoms with Gasteiger partial charge >= 0.3 is 5.97 Å². The summed E-state index contributed by atoms with van der Waals surface area (Å²) in [5, 5.41) is 26.5. The Morgan fingerprint density at radius 1 is 1.25 bits per heavy atom. The highest BCUT2D eigenvalue weighted by Crippen LogP contribution is 2.13. The summed E-state index contributed by atoms with van der Waals surface area (Å²) in [5.41, 5.74) is 0.823. The number of carbonyl (C=O) groups is 2. The zero-order chi connectivity index (χ0) is 14.5. The second-order valence-electron chi connectivity index (χ2n) is 4.18.